The highest BCUT2D eigenvalue weighted by Crippen LogP contribution is 2.01. The van der Waals surface area contributed by atoms with Crippen LogP contribution in [0.5, 0.6) is 0 Å². The van der Waals surface area contributed by atoms with Gasteiger partial charge in [0.05, 0.1) is 19.0 Å². The molecule has 1 heterocycles. The highest BCUT2D eigenvalue weighted by molar-refractivity contribution is 5.94. The van der Waals surface area contributed by atoms with Gasteiger partial charge in [0.25, 0.3) is 0 Å². The van der Waals surface area contributed by atoms with Gasteiger partial charge < -0.3 is 42.6 Å². The van der Waals surface area contributed by atoms with Crippen molar-refractivity contribution in [2.45, 2.75) is 37.4 Å². The number of nitrogens with zero attached hydrogens (tertiary/aromatic N) is 1. The topological polar surface area (TPSA) is 243 Å². The van der Waals surface area contributed by atoms with Gasteiger partial charge in [-0.1, -0.05) is 0 Å². The summed E-state index contributed by atoms with van der Waals surface area (Å²) in [6.07, 6.45) is 2.52. The van der Waals surface area contributed by atoms with Crippen molar-refractivity contribution in [3.05, 3.63) is 18.2 Å². The minimum absolute atomic E-state index is 0.0542. The van der Waals surface area contributed by atoms with Crippen molar-refractivity contribution < 1.29 is 34.2 Å². The molecule has 14 heteroatoms. The van der Waals surface area contributed by atoms with Crippen LogP contribution >= 0.6 is 0 Å². The van der Waals surface area contributed by atoms with E-state index in [2.05, 4.69) is 25.9 Å². The van der Waals surface area contributed by atoms with Crippen LogP contribution in [-0.4, -0.2) is 81.1 Å². The fourth-order valence-electron chi connectivity index (χ4n) is 2.29. The van der Waals surface area contributed by atoms with Crippen LogP contribution in [0.1, 0.15) is 18.5 Å². The van der Waals surface area contributed by atoms with E-state index in [-0.39, 0.29) is 19.3 Å². The number of rotatable bonds is 13. The quantitative estimate of drug-likeness (QED) is 0.151. The van der Waals surface area contributed by atoms with Gasteiger partial charge >= 0.3 is 5.97 Å². The molecule has 0 aliphatic rings. The number of hydrogen-bond acceptors (Lipinski definition) is 8. The van der Waals surface area contributed by atoms with Crippen molar-refractivity contribution in [1.29, 1.82) is 0 Å². The maximum Gasteiger partial charge on any atom is 0.322 e. The van der Waals surface area contributed by atoms with Crippen LogP contribution in [0, 0.1) is 0 Å². The summed E-state index contributed by atoms with van der Waals surface area (Å²) in [6.45, 7) is -1.46. The number of aliphatic hydroxyl groups excluding tert-OH is 1. The van der Waals surface area contributed by atoms with Gasteiger partial charge in [0.1, 0.15) is 18.6 Å². The van der Waals surface area contributed by atoms with Gasteiger partial charge in [-0.15, -0.1) is 0 Å². The first kappa shape index (κ1) is 24.5. The van der Waals surface area contributed by atoms with Crippen molar-refractivity contribution in [2.24, 2.45) is 11.5 Å². The molecule has 1 aromatic rings. The Kier molecular flexibility index (Phi) is 9.91. The Hall–Kier alpha value is -3.52. The lowest BCUT2D eigenvalue weighted by atomic mass is 10.1. The predicted molar refractivity (Wildman–Crippen MR) is 100 cm³/mol. The average molecular weight is 427 g/mol. The molecule has 4 amide bonds. The second-order valence-electron chi connectivity index (χ2n) is 6.31. The molecule has 3 atom stereocenters. The van der Waals surface area contributed by atoms with Crippen LogP contribution < -0.4 is 27.4 Å². The molecule has 10 N–H and O–H groups in total. The van der Waals surface area contributed by atoms with Crippen LogP contribution in [0.4, 0.5) is 0 Å². The third-order valence-electron chi connectivity index (χ3n) is 3.88. The number of primary amides is 1. The van der Waals surface area contributed by atoms with E-state index < -0.39 is 60.9 Å². The Bertz CT molecular complexity index is 753. The van der Waals surface area contributed by atoms with E-state index >= 15 is 0 Å². The van der Waals surface area contributed by atoms with E-state index in [4.69, 9.17) is 16.6 Å². The maximum absolute atomic E-state index is 12.5. The van der Waals surface area contributed by atoms with Crippen LogP contribution in [0.25, 0.3) is 0 Å². The fraction of sp³-hybridized carbons (Fsp3) is 0.500. The van der Waals surface area contributed by atoms with Gasteiger partial charge in [0.2, 0.25) is 23.6 Å². The molecule has 14 nitrogen and oxygen atoms in total. The minimum atomic E-state index is -1.44. The van der Waals surface area contributed by atoms with Gasteiger partial charge in [-0.2, -0.15) is 0 Å². The lowest BCUT2D eigenvalue weighted by molar-refractivity contribution is -0.138. The summed E-state index contributed by atoms with van der Waals surface area (Å²) in [7, 11) is 0. The lowest BCUT2D eigenvalue weighted by Gasteiger charge is -2.22. The van der Waals surface area contributed by atoms with Gasteiger partial charge in [-0.25, -0.2) is 4.98 Å². The molecule has 0 fully saturated rings. The number of carboxylic acids is 1. The number of aliphatic hydroxyl groups is 1. The number of nitrogens with one attached hydrogen (secondary N) is 4. The molecule has 0 aromatic carbocycles. The number of imidazole rings is 1. The fourth-order valence-corrected chi connectivity index (χ4v) is 2.29. The summed E-state index contributed by atoms with van der Waals surface area (Å²) in [5, 5.41) is 24.8. The number of amides is 4. The normalized spacial score (nSPS) is 13.5. The minimum Gasteiger partial charge on any atom is -0.480 e. The molecule has 0 saturated heterocycles. The summed E-state index contributed by atoms with van der Waals surface area (Å²) in [5.41, 5.74) is 11.1. The SMILES string of the molecule is NC(=O)CCC(N)C(=O)NC(CO)C(=O)NC(Cc1cnc[nH]1)C(=O)NCC(=O)O. The number of aromatic nitrogens is 2. The molecule has 0 saturated carbocycles. The Labute approximate surface area is 170 Å². The van der Waals surface area contributed by atoms with E-state index in [1.807, 2.05) is 0 Å². The molecule has 0 radical (unpaired) electrons. The highest BCUT2D eigenvalue weighted by atomic mass is 16.4. The molecular formula is C16H25N7O7. The molecule has 0 aliphatic carbocycles. The monoisotopic (exact) mass is 427 g/mol. The van der Waals surface area contributed by atoms with Gasteiger partial charge in [-0.05, 0) is 6.42 Å². The second-order valence-corrected chi connectivity index (χ2v) is 6.31. The molecule has 1 aromatic heterocycles. The zero-order chi connectivity index (χ0) is 22.7. The Morgan fingerprint density at radius 3 is 2.30 bits per heavy atom. The average Bonchev–Trinajstić information content (AvgIpc) is 3.20. The molecule has 1 rings (SSSR count). The number of carbonyl (C=O) groups excluding carboxylic acids is 4. The predicted octanol–water partition coefficient (Wildman–Crippen LogP) is -4.29. The number of aromatic amines is 1. The number of aliphatic carboxylic acids is 1. The lowest BCUT2D eigenvalue weighted by Crippen LogP contribution is -2.57. The van der Waals surface area contributed by atoms with Crippen LogP contribution in [0.2, 0.25) is 0 Å². The van der Waals surface area contributed by atoms with Crippen LogP contribution in [-0.2, 0) is 30.4 Å². The second kappa shape index (κ2) is 12.1. The van der Waals surface area contributed by atoms with Crippen molar-refractivity contribution in [2.75, 3.05) is 13.2 Å². The molecule has 0 bridgehead atoms. The summed E-state index contributed by atoms with van der Waals surface area (Å²) in [6, 6.07) is -3.79. The smallest absolute Gasteiger partial charge is 0.322 e. The molecule has 166 valence electrons. The van der Waals surface area contributed by atoms with Crippen LogP contribution in [0.3, 0.4) is 0 Å². The highest BCUT2D eigenvalue weighted by Gasteiger charge is 2.28. The van der Waals surface area contributed by atoms with E-state index in [0.717, 1.165) is 0 Å². The van der Waals surface area contributed by atoms with Gasteiger partial charge in [-0.3, -0.25) is 24.0 Å². The summed E-state index contributed by atoms with van der Waals surface area (Å²) < 4.78 is 0. The van der Waals surface area contributed by atoms with E-state index in [1.54, 1.807) is 0 Å². The Balaban J connectivity index is 2.77. The molecule has 30 heavy (non-hydrogen) atoms. The first-order valence-corrected chi connectivity index (χ1v) is 8.86. The van der Waals surface area contributed by atoms with E-state index in [1.165, 1.54) is 12.5 Å². The largest absolute Gasteiger partial charge is 0.480 e. The standard InChI is InChI=1S/C16H25N7O7/c17-9(1-2-12(18)25)14(28)23-11(6-24)16(30)22-10(3-8-4-19-7-21-8)15(29)20-5-13(26)27/h4,7,9-11,24H,1-3,5-6,17H2,(H2,18,25)(H,19,21)(H,20,29)(H,22,30)(H,23,28)(H,26,27). The Morgan fingerprint density at radius 2 is 1.77 bits per heavy atom. The van der Waals surface area contributed by atoms with Crippen molar-refractivity contribution >= 4 is 29.6 Å². The number of hydrogen-bond donors (Lipinski definition) is 8. The summed E-state index contributed by atoms with van der Waals surface area (Å²) >= 11 is 0. The first-order chi connectivity index (χ1) is 14.1. The number of carboxylic acid groups (broad SMARTS) is 1. The summed E-state index contributed by atoms with van der Waals surface area (Å²) in [5.74, 6) is -4.42. The van der Waals surface area contributed by atoms with E-state index in [0.29, 0.717) is 5.69 Å². The van der Waals surface area contributed by atoms with Gasteiger partial charge in [0.15, 0.2) is 0 Å². The van der Waals surface area contributed by atoms with Crippen molar-refractivity contribution in [1.82, 2.24) is 25.9 Å². The van der Waals surface area contributed by atoms with Crippen molar-refractivity contribution in [3.63, 3.8) is 0 Å². The molecule has 0 spiro atoms. The zero-order valence-corrected chi connectivity index (χ0v) is 16.0. The molecular weight excluding hydrogens is 402 g/mol. The third kappa shape index (κ3) is 8.66. The third-order valence-corrected chi connectivity index (χ3v) is 3.88. The summed E-state index contributed by atoms with van der Waals surface area (Å²) in [4.78, 5) is 64.7. The number of H-pyrrole nitrogens is 1. The zero-order valence-electron chi connectivity index (χ0n) is 16.0. The Morgan fingerprint density at radius 1 is 1.10 bits per heavy atom. The number of nitrogens with two attached hydrogens (primary N) is 2. The molecule has 3 unspecified atom stereocenters. The van der Waals surface area contributed by atoms with Crippen molar-refractivity contribution in [3.8, 4) is 0 Å². The molecule has 0 aliphatic heterocycles. The van der Waals surface area contributed by atoms with Crippen LogP contribution in [0.15, 0.2) is 12.5 Å². The van der Waals surface area contributed by atoms with Gasteiger partial charge in [0, 0.05) is 24.7 Å². The van der Waals surface area contributed by atoms with E-state index in [9.17, 15) is 29.1 Å². The maximum atomic E-state index is 12.5. The first-order valence-electron chi connectivity index (χ1n) is 8.86. The number of carbonyl (C=O) groups is 5.